The predicted molar refractivity (Wildman–Crippen MR) is 72.2 cm³/mol. The van der Waals surface area contributed by atoms with Crippen molar-refractivity contribution in [3.05, 3.63) is 27.7 Å². The Kier molecular flexibility index (Phi) is 4.24. The van der Waals surface area contributed by atoms with Crippen molar-refractivity contribution < 1.29 is 14.3 Å². The first-order valence-electron chi connectivity index (χ1n) is 5.84. The van der Waals surface area contributed by atoms with E-state index in [1.54, 1.807) is 12.0 Å². The van der Waals surface area contributed by atoms with Gasteiger partial charge in [-0.1, -0.05) is 15.9 Å². The van der Waals surface area contributed by atoms with E-state index in [9.17, 15) is 4.79 Å². The molecule has 0 bridgehead atoms. The predicted octanol–water partition coefficient (Wildman–Crippen LogP) is 2.24. The fourth-order valence-electron chi connectivity index (χ4n) is 2.10. The van der Waals surface area contributed by atoms with Crippen molar-refractivity contribution in [2.75, 3.05) is 33.4 Å². The standard InChI is InChI=1S/C13H16BrNO3/c1-9-7-10(14)8-11(12(9)17-2)13(16)15-3-5-18-6-4-15/h7-8H,3-6H2,1-2H3. The van der Waals surface area contributed by atoms with Crippen LogP contribution in [0, 0.1) is 6.92 Å². The zero-order chi connectivity index (χ0) is 13.1. The van der Waals surface area contributed by atoms with Crippen LogP contribution in [-0.4, -0.2) is 44.2 Å². The molecule has 1 amide bonds. The molecule has 0 aliphatic carbocycles. The number of amides is 1. The van der Waals surface area contributed by atoms with Crippen molar-refractivity contribution in [2.45, 2.75) is 6.92 Å². The van der Waals surface area contributed by atoms with E-state index in [0.717, 1.165) is 10.0 Å². The number of carbonyl (C=O) groups excluding carboxylic acids is 1. The summed E-state index contributed by atoms with van der Waals surface area (Å²) in [6.45, 7) is 4.39. The highest BCUT2D eigenvalue weighted by molar-refractivity contribution is 9.10. The number of benzene rings is 1. The molecule has 0 radical (unpaired) electrons. The molecule has 1 aliphatic heterocycles. The first-order chi connectivity index (χ1) is 8.63. The van der Waals surface area contributed by atoms with E-state index in [2.05, 4.69) is 15.9 Å². The van der Waals surface area contributed by atoms with Crippen LogP contribution in [0.3, 0.4) is 0 Å². The quantitative estimate of drug-likeness (QED) is 0.840. The summed E-state index contributed by atoms with van der Waals surface area (Å²) in [5.41, 5.74) is 1.55. The highest BCUT2D eigenvalue weighted by Crippen LogP contribution is 2.29. The van der Waals surface area contributed by atoms with Crippen LogP contribution in [0.25, 0.3) is 0 Å². The molecule has 0 saturated carbocycles. The number of morpholine rings is 1. The number of aryl methyl sites for hydroxylation is 1. The van der Waals surface area contributed by atoms with E-state index in [-0.39, 0.29) is 5.91 Å². The van der Waals surface area contributed by atoms with Gasteiger partial charge in [-0.25, -0.2) is 0 Å². The van der Waals surface area contributed by atoms with E-state index < -0.39 is 0 Å². The van der Waals surface area contributed by atoms with Crippen molar-refractivity contribution in [1.82, 2.24) is 4.90 Å². The Morgan fingerprint density at radius 3 is 2.67 bits per heavy atom. The Bertz CT molecular complexity index is 456. The minimum atomic E-state index is -0.000417. The van der Waals surface area contributed by atoms with E-state index in [0.29, 0.717) is 37.6 Å². The maximum absolute atomic E-state index is 12.5. The Hall–Kier alpha value is -1.07. The monoisotopic (exact) mass is 313 g/mol. The van der Waals surface area contributed by atoms with Crippen molar-refractivity contribution in [1.29, 1.82) is 0 Å². The van der Waals surface area contributed by atoms with Crippen molar-refractivity contribution in [3.8, 4) is 5.75 Å². The van der Waals surface area contributed by atoms with Crippen molar-refractivity contribution >= 4 is 21.8 Å². The van der Waals surface area contributed by atoms with E-state index in [1.807, 2.05) is 19.1 Å². The van der Waals surface area contributed by atoms with Gasteiger partial charge in [-0.05, 0) is 24.6 Å². The molecule has 1 fully saturated rings. The number of carbonyl (C=O) groups is 1. The fraction of sp³-hybridized carbons (Fsp3) is 0.462. The molecule has 1 aromatic rings. The number of methoxy groups -OCH3 is 1. The third kappa shape index (κ3) is 2.67. The second-order valence-electron chi connectivity index (χ2n) is 4.21. The number of hydrogen-bond donors (Lipinski definition) is 0. The van der Waals surface area contributed by atoms with Gasteiger partial charge in [0.25, 0.3) is 5.91 Å². The van der Waals surface area contributed by atoms with E-state index in [1.165, 1.54) is 0 Å². The van der Waals surface area contributed by atoms with E-state index in [4.69, 9.17) is 9.47 Å². The molecular weight excluding hydrogens is 298 g/mol. The molecule has 0 unspecified atom stereocenters. The molecule has 0 aromatic heterocycles. The molecule has 1 heterocycles. The highest BCUT2D eigenvalue weighted by Gasteiger charge is 2.22. The van der Waals surface area contributed by atoms with Gasteiger partial charge in [-0.15, -0.1) is 0 Å². The summed E-state index contributed by atoms with van der Waals surface area (Å²) < 4.78 is 11.5. The second-order valence-corrected chi connectivity index (χ2v) is 5.12. The molecule has 0 atom stereocenters. The first kappa shape index (κ1) is 13.4. The molecule has 5 heteroatoms. The van der Waals surface area contributed by atoms with Gasteiger partial charge in [0, 0.05) is 17.6 Å². The summed E-state index contributed by atoms with van der Waals surface area (Å²) >= 11 is 3.42. The topological polar surface area (TPSA) is 38.8 Å². The molecule has 18 heavy (non-hydrogen) atoms. The summed E-state index contributed by atoms with van der Waals surface area (Å²) in [7, 11) is 1.59. The van der Waals surface area contributed by atoms with Gasteiger partial charge >= 0.3 is 0 Å². The maximum Gasteiger partial charge on any atom is 0.257 e. The SMILES string of the molecule is COc1c(C)cc(Br)cc1C(=O)N1CCOCC1. The molecule has 2 rings (SSSR count). The highest BCUT2D eigenvalue weighted by atomic mass is 79.9. The minimum Gasteiger partial charge on any atom is -0.496 e. The summed E-state index contributed by atoms with van der Waals surface area (Å²) in [6.07, 6.45) is 0. The smallest absolute Gasteiger partial charge is 0.257 e. The van der Waals surface area contributed by atoms with Crippen LogP contribution in [0.2, 0.25) is 0 Å². The summed E-state index contributed by atoms with van der Waals surface area (Å²) in [5, 5.41) is 0. The van der Waals surface area contributed by atoms with E-state index >= 15 is 0 Å². The second kappa shape index (κ2) is 5.71. The Morgan fingerprint density at radius 2 is 2.06 bits per heavy atom. The number of halogens is 1. The lowest BCUT2D eigenvalue weighted by molar-refractivity contribution is 0.0300. The Labute approximate surface area is 115 Å². The average Bonchev–Trinajstić information content (AvgIpc) is 2.38. The van der Waals surface area contributed by atoms with Crippen LogP contribution in [-0.2, 0) is 4.74 Å². The first-order valence-corrected chi connectivity index (χ1v) is 6.64. The molecule has 98 valence electrons. The van der Waals surface area contributed by atoms with Crippen molar-refractivity contribution in [3.63, 3.8) is 0 Å². The van der Waals surface area contributed by atoms with Gasteiger partial charge in [-0.2, -0.15) is 0 Å². The molecule has 4 nitrogen and oxygen atoms in total. The lowest BCUT2D eigenvalue weighted by Crippen LogP contribution is -2.40. The fourth-order valence-corrected chi connectivity index (χ4v) is 2.67. The number of nitrogens with zero attached hydrogens (tertiary/aromatic N) is 1. The normalized spacial score (nSPS) is 15.6. The Balaban J connectivity index is 2.33. The minimum absolute atomic E-state index is 0.000417. The zero-order valence-electron chi connectivity index (χ0n) is 10.5. The van der Waals surface area contributed by atoms with Crippen LogP contribution < -0.4 is 4.74 Å². The zero-order valence-corrected chi connectivity index (χ0v) is 12.1. The van der Waals surface area contributed by atoms with Gasteiger partial charge in [0.1, 0.15) is 5.75 Å². The van der Waals surface area contributed by atoms with Gasteiger partial charge in [0.2, 0.25) is 0 Å². The lowest BCUT2D eigenvalue weighted by Gasteiger charge is -2.27. The van der Waals surface area contributed by atoms with Gasteiger partial charge < -0.3 is 14.4 Å². The molecule has 0 spiro atoms. The largest absolute Gasteiger partial charge is 0.496 e. The molecule has 1 aliphatic rings. The lowest BCUT2D eigenvalue weighted by atomic mass is 10.1. The van der Waals surface area contributed by atoms with Crippen LogP contribution in [0.4, 0.5) is 0 Å². The van der Waals surface area contributed by atoms with Gasteiger partial charge in [0.05, 0.1) is 25.9 Å². The van der Waals surface area contributed by atoms with Crippen LogP contribution in [0.1, 0.15) is 15.9 Å². The molecular formula is C13H16BrNO3. The third-order valence-corrected chi connectivity index (χ3v) is 3.43. The number of ether oxygens (including phenoxy) is 2. The summed E-state index contributed by atoms with van der Waals surface area (Å²) in [5.74, 6) is 0.647. The van der Waals surface area contributed by atoms with Gasteiger partial charge in [-0.3, -0.25) is 4.79 Å². The maximum atomic E-state index is 12.5. The average molecular weight is 314 g/mol. The van der Waals surface area contributed by atoms with Crippen LogP contribution in [0.15, 0.2) is 16.6 Å². The third-order valence-electron chi connectivity index (χ3n) is 2.97. The number of rotatable bonds is 2. The van der Waals surface area contributed by atoms with Gasteiger partial charge in [0.15, 0.2) is 0 Å². The van der Waals surface area contributed by atoms with Crippen LogP contribution in [0.5, 0.6) is 5.75 Å². The molecule has 1 saturated heterocycles. The molecule has 1 aromatic carbocycles. The molecule has 0 N–H and O–H groups in total. The summed E-state index contributed by atoms with van der Waals surface area (Å²) in [6, 6.07) is 3.75. The summed E-state index contributed by atoms with van der Waals surface area (Å²) in [4.78, 5) is 14.3. The number of hydrogen-bond acceptors (Lipinski definition) is 3. The van der Waals surface area contributed by atoms with Crippen molar-refractivity contribution in [2.24, 2.45) is 0 Å². The van der Waals surface area contributed by atoms with Crippen LogP contribution >= 0.6 is 15.9 Å². The Morgan fingerprint density at radius 1 is 1.39 bits per heavy atom.